The first-order valence-electron chi connectivity index (χ1n) is 2.96. The van der Waals surface area contributed by atoms with Crippen LogP contribution in [0.4, 0.5) is 0 Å². The highest BCUT2D eigenvalue weighted by atomic mass is 14.9. The van der Waals surface area contributed by atoms with E-state index < -0.39 is 0 Å². The van der Waals surface area contributed by atoms with Crippen molar-refractivity contribution in [2.24, 2.45) is 0 Å². The molecule has 1 aliphatic heterocycles. The maximum absolute atomic E-state index is 3.35. The van der Waals surface area contributed by atoms with Crippen LogP contribution in [0.3, 0.4) is 0 Å². The van der Waals surface area contributed by atoms with Crippen LogP contribution in [-0.4, -0.2) is 12.6 Å². The summed E-state index contributed by atoms with van der Waals surface area (Å²) in [5.41, 5.74) is 0. The number of hydrogen-bond donors (Lipinski definition) is 1. The molecule has 0 spiro atoms. The second-order valence-electron chi connectivity index (χ2n) is 2.04. The Labute approximate surface area is 45.1 Å². The van der Waals surface area contributed by atoms with Crippen LogP contribution in [0.5, 0.6) is 0 Å². The second kappa shape index (κ2) is 2.31. The topological polar surface area (TPSA) is 12.0 Å². The predicted molar refractivity (Wildman–Crippen MR) is 31.0 cm³/mol. The van der Waals surface area contributed by atoms with Crippen LogP contribution >= 0.6 is 0 Å². The van der Waals surface area contributed by atoms with Gasteiger partial charge in [-0.25, -0.2) is 0 Å². The normalized spacial score (nSPS) is 31.3. The number of rotatable bonds is 1. The average molecular weight is 98.2 g/mol. The molecule has 1 nitrogen and oxygen atoms in total. The van der Waals surface area contributed by atoms with Crippen LogP contribution in [0.2, 0.25) is 0 Å². The van der Waals surface area contributed by atoms with Gasteiger partial charge in [0.25, 0.3) is 0 Å². The van der Waals surface area contributed by atoms with E-state index in [1.807, 2.05) is 0 Å². The van der Waals surface area contributed by atoms with Gasteiger partial charge in [-0.1, -0.05) is 6.92 Å². The molecule has 0 amide bonds. The summed E-state index contributed by atoms with van der Waals surface area (Å²) in [7, 11) is 0. The standard InChI is InChI=1S/C6H12N/c1-2-6-4-3-5-7-6/h2,6-7H,3-5H2,1H3. The summed E-state index contributed by atoms with van der Waals surface area (Å²) in [5.74, 6) is 0. The summed E-state index contributed by atoms with van der Waals surface area (Å²) in [4.78, 5) is 0. The Hall–Kier alpha value is -0.0400. The summed E-state index contributed by atoms with van der Waals surface area (Å²) in [6, 6.07) is 0.722. The molecular weight excluding hydrogens is 86.1 g/mol. The summed E-state index contributed by atoms with van der Waals surface area (Å²) < 4.78 is 0. The van der Waals surface area contributed by atoms with Crippen LogP contribution in [0, 0.1) is 6.42 Å². The Morgan fingerprint density at radius 3 is 2.86 bits per heavy atom. The monoisotopic (exact) mass is 98.1 g/mol. The zero-order chi connectivity index (χ0) is 5.11. The van der Waals surface area contributed by atoms with Gasteiger partial charge in [-0.05, 0) is 25.8 Å². The molecule has 1 unspecified atom stereocenters. The van der Waals surface area contributed by atoms with Gasteiger partial charge in [0.15, 0.2) is 0 Å². The minimum Gasteiger partial charge on any atom is -0.314 e. The Balaban J connectivity index is 2.14. The molecule has 1 atom stereocenters. The summed E-state index contributed by atoms with van der Waals surface area (Å²) in [5, 5.41) is 3.35. The van der Waals surface area contributed by atoms with Gasteiger partial charge in [-0.15, -0.1) is 0 Å². The summed E-state index contributed by atoms with van der Waals surface area (Å²) >= 11 is 0. The molecule has 0 aliphatic carbocycles. The van der Waals surface area contributed by atoms with E-state index in [9.17, 15) is 0 Å². The molecule has 0 saturated carbocycles. The summed E-state index contributed by atoms with van der Waals surface area (Å²) in [6.45, 7) is 3.33. The lowest BCUT2D eigenvalue weighted by molar-refractivity contribution is 0.684. The first kappa shape index (κ1) is 5.10. The maximum atomic E-state index is 3.35. The van der Waals surface area contributed by atoms with Crippen LogP contribution < -0.4 is 5.32 Å². The third-order valence-electron chi connectivity index (χ3n) is 1.50. The quantitative estimate of drug-likeness (QED) is 0.515. The Kier molecular flexibility index (Phi) is 1.69. The van der Waals surface area contributed by atoms with Gasteiger partial charge in [0.1, 0.15) is 0 Å². The maximum Gasteiger partial charge on any atom is 0.00962 e. The molecule has 0 aromatic carbocycles. The smallest absolute Gasteiger partial charge is 0.00962 e. The van der Waals surface area contributed by atoms with Gasteiger partial charge < -0.3 is 5.32 Å². The number of nitrogens with one attached hydrogen (secondary N) is 1. The highest BCUT2D eigenvalue weighted by molar-refractivity contribution is 4.83. The van der Waals surface area contributed by atoms with E-state index in [4.69, 9.17) is 0 Å². The van der Waals surface area contributed by atoms with Crippen molar-refractivity contribution >= 4 is 0 Å². The molecule has 1 heteroatoms. The number of hydrogen-bond acceptors (Lipinski definition) is 1. The average Bonchev–Trinajstić information content (AvgIpc) is 2.14. The minimum atomic E-state index is 0.722. The fraction of sp³-hybridized carbons (Fsp3) is 0.833. The lowest BCUT2D eigenvalue weighted by atomic mass is 10.2. The van der Waals surface area contributed by atoms with Crippen molar-refractivity contribution in [3.63, 3.8) is 0 Å². The molecule has 0 aromatic rings. The largest absolute Gasteiger partial charge is 0.314 e. The van der Waals surface area contributed by atoms with E-state index in [1.165, 1.54) is 19.4 Å². The van der Waals surface area contributed by atoms with Crippen LogP contribution in [-0.2, 0) is 0 Å². The first-order chi connectivity index (χ1) is 3.43. The summed E-state index contributed by atoms with van der Waals surface area (Å²) in [6.07, 6.45) is 4.93. The Bertz CT molecular complexity index is 46.1. The third-order valence-corrected chi connectivity index (χ3v) is 1.50. The van der Waals surface area contributed by atoms with E-state index in [-0.39, 0.29) is 0 Å². The molecule has 1 fully saturated rings. The molecule has 1 aliphatic rings. The van der Waals surface area contributed by atoms with Gasteiger partial charge in [-0.3, -0.25) is 0 Å². The van der Waals surface area contributed by atoms with Crippen molar-refractivity contribution in [1.82, 2.24) is 5.32 Å². The third kappa shape index (κ3) is 1.16. The predicted octanol–water partition coefficient (Wildman–Crippen LogP) is 0.963. The van der Waals surface area contributed by atoms with Crippen molar-refractivity contribution in [3.8, 4) is 0 Å². The lowest BCUT2D eigenvalue weighted by Gasteiger charge is -2.01. The molecule has 1 N–H and O–H groups in total. The van der Waals surface area contributed by atoms with E-state index in [0.717, 1.165) is 6.04 Å². The minimum absolute atomic E-state index is 0.722. The van der Waals surface area contributed by atoms with Crippen LogP contribution in [0.15, 0.2) is 0 Å². The van der Waals surface area contributed by atoms with Gasteiger partial charge in [0.05, 0.1) is 0 Å². The van der Waals surface area contributed by atoms with Crippen molar-refractivity contribution in [1.29, 1.82) is 0 Å². The highest BCUT2D eigenvalue weighted by Crippen LogP contribution is 2.05. The fourth-order valence-electron chi connectivity index (χ4n) is 0.996. The molecule has 1 saturated heterocycles. The molecule has 41 valence electrons. The van der Waals surface area contributed by atoms with Crippen molar-refractivity contribution in [3.05, 3.63) is 6.42 Å². The van der Waals surface area contributed by atoms with Crippen LogP contribution in [0.25, 0.3) is 0 Å². The zero-order valence-electron chi connectivity index (χ0n) is 4.78. The second-order valence-corrected chi connectivity index (χ2v) is 2.04. The Morgan fingerprint density at radius 1 is 1.71 bits per heavy atom. The SMILES string of the molecule is C[CH]C1CCCN1. The molecule has 1 radical (unpaired) electrons. The van der Waals surface area contributed by atoms with E-state index in [2.05, 4.69) is 18.7 Å². The van der Waals surface area contributed by atoms with E-state index >= 15 is 0 Å². The molecule has 7 heavy (non-hydrogen) atoms. The molecule has 0 aromatic heterocycles. The van der Waals surface area contributed by atoms with Gasteiger partial charge in [0.2, 0.25) is 0 Å². The lowest BCUT2D eigenvalue weighted by Crippen LogP contribution is -2.19. The molecule has 1 heterocycles. The van der Waals surface area contributed by atoms with Crippen LogP contribution in [0.1, 0.15) is 19.8 Å². The van der Waals surface area contributed by atoms with Crippen molar-refractivity contribution in [2.45, 2.75) is 25.8 Å². The van der Waals surface area contributed by atoms with E-state index in [1.54, 1.807) is 0 Å². The first-order valence-corrected chi connectivity index (χ1v) is 2.96. The molecular formula is C6H12N. The Morgan fingerprint density at radius 2 is 2.57 bits per heavy atom. The molecule has 0 bridgehead atoms. The highest BCUT2D eigenvalue weighted by Gasteiger charge is 2.09. The van der Waals surface area contributed by atoms with Gasteiger partial charge >= 0.3 is 0 Å². The van der Waals surface area contributed by atoms with E-state index in [0.29, 0.717) is 0 Å². The fourth-order valence-corrected chi connectivity index (χ4v) is 0.996. The molecule has 1 rings (SSSR count). The zero-order valence-corrected chi connectivity index (χ0v) is 4.78. The van der Waals surface area contributed by atoms with Crippen molar-refractivity contribution < 1.29 is 0 Å². The van der Waals surface area contributed by atoms with Crippen molar-refractivity contribution in [2.75, 3.05) is 6.54 Å². The van der Waals surface area contributed by atoms with Gasteiger partial charge in [0, 0.05) is 6.04 Å². The van der Waals surface area contributed by atoms with Gasteiger partial charge in [-0.2, -0.15) is 0 Å².